The van der Waals surface area contributed by atoms with Crippen LogP contribution in [0.3, 0.4) is 0 Å². The van der Waals surface area contributed by atoms with Crippen LogP contribution in [0.15, 0.2) is 54.1 Å². The van der Waals surface area contributed by atoms with E-state index in [1.54, 1.807) is 31.2 Å². The Morgan fingerprint density at radius 3 is 2.32 bits per heavy atom. The summed E-state index contributed by atoms with van der Waals surface area (Å²) in [5.74, 6) is -2.48. The topological polar surface area (TPSA) is 149 Å². The number of hydrogen-bond donors (Lipinski definition) is 1. The molecule has 11 nitrogen and oxygen atoms in total. The summed E-state index contributed by atoms with van der Waals surface area (Å²) in [5, 5.41) is 22.5. The predicted molar refractivity (Wildman–Crippen MR) is 138 cm³/mol. The number of thiazole rings is 1. The fraction of sp³-hybridized carbons (Fsp3) is 0.231. The average molecular weight is 538 g/mol. The number of nitro benzene ring substituents is 1. The number of ketones is 1. The summed E-state index contributed by atoms with van der Waals surface area (Å²) in [7, 11) is 1.21. The highest BCUT2D eigenvalue weighted by Gasteiger charge is 2.48. The Bertz CT molecular complexity index is 1460. The van der Waals surface area contributed by atoms with Gasteiger partial charge in [0, 0.05) is 17.7 Å². The van der Waals surface area contributed by atoms with Gasteiger partial charge in [0.05, 0.1) is 35.4 Å². The van der Waals surface area contributed by atoms with Gasteiger partial charge < -0.3 is 14.6 Å². The molecule has 0 radical (unpaired) electrons. The van der Waals surface area contributed by atoms with Crippen LogP contribution >= 0.6 is 11.3 Å². The van der Waals surface area contributed by atoms with Crippen molar-refractivity contribution in [3.05, 3.63) is 85.9 Å². The molecule has 3 aromatic rings. The van der Waals surface area contributed by atoms with Gasteiger partial charge in [0.1, 0.15) is 16.4 Å². The van der Waals surface area contributed by atoms with E-state index in [-0.39, 0.29) is 32.9 Å². The van der Waals surface area contributed by atoms with Gasteiger partial charge >= 0.3 is 11.9 Å². The van der Waals surface area contributed by atoms with Gasteiger partial charge in [0.2, 0.25) is 0 Å². The Hall–Kier alpha value is -4.58. The third-order valence-corrected chi connectivity index (χ3v) is 6.86. The molecule has 0 spiro atoms. The van der Waals surface area contributed by atoms with E-state index in [2.05, 4.69) is 4.98 Å². The molecule has 0 saturated carbocycles. The molecular formula is C26H23N3O8S. The molecule has 12 heteroatoms. The first kappa shape index (κ1) is 26.5. The second kappa shape index (κ2) is 10.4. The van der Waals surface area contributed by atoms with Crippen molar-refractivity contribution >= 4 is 45.6 Å². The minimum Gasteiger partial charge on any atom is -0.507 e. The number of Topliss-reactive ketones (excluding diaryl/α,β-unsaturated/α-hetero) is 1. The Morgan fingerprint density at radius 2 is 1.76 bits per heavy atom. The van der Waals surface area contributed by atoms with Gasteiger partial charge in [-0.3, -0.25) is 24.6 Å². The maximum Gasteiger partial charge on any atom is 0.350 e. The molecule has 2 aromatic carbocycles. The van der Waals surface area contributed by atoms with Crippen LogP contribution in [0.5, 0.6) is 5.75 Å². The molecule has 1 fully saturated rings. The van der Waals surface area contributed by atoms with E-state index in [0.717, 1.165) is 16.2 Å². The molecule has 1 aromatic heterocycles. The lowest BCUT2D eigenvalue weighted by Gasteiger charge is -2.23. The SMILES string of the molecule is COC(=O)c1sc(N2C(=O)C(=O)/C(=C(/O)c3ccc(OC(C)C)cc3)C2c2ccc([N+](=O)[O-])cc2)nc1C. The monoisotopic (exact) mass is 537 g/mol. The lowest BCUT2D eigenvalue weighted by molar-refractivity contribution is -0.384. The number of non-ortho nitro benzene ring substituents is 1. The van der Waals surface area contributed by atoms with E-state index in [1.807, 2.05) is 13.8 Å². The number of aliphatic hydroxyl groups is 1. The molecule has 1 saturated heterocycles. The largest absolute Gasteiger partial charge is 0.507 e. The Morgan fingerprint density at radius 1 is 1.13 bits per heavy atom. The molecule has 1 aliphatic rings. The van der Waals surface area contributed by atoms with Crippen molar-refractivity contribution in [2.24, 2.45) is 0 Å². The van der Waals surface area contributed by atoms with Crippen molar-refractivity contribution in [2.45, 2.75) is 32.9 Å². The Balaban J connectivity index is 1.88. The van der Waals surface area contributed by atoms with Crippen molar-refractivity contribution < 1.29 is 33.9 Å². The molecule has 38 heavy (non-hydrogen) atoms. The van der Waals surface area contributed by atoms with Crippen molar-refractivity contribution in [1.82, 2.24) is 4.98 Å². The van der Waals surface area contributed by atoms with Crippen molar-refractivity contribution in [2.75, 3.05) is 12.0 Å². The zero-order chi connectivity index (χ0) is 27.7. The lowest BCUT2D eigenvalue weighted by atomic mass is 9.95. The number of nitrogens with zero attached hydrogens (tertiary/aromatic N) is 3. The van der Waals surface area contributed by atoms with Crippen LogP contribution in [0.2, 0.25) is 0 Å². The molecule has 1 aliphatic heterocycles. The molecule has 1 N–H and O–H groups in total. The van der Waals surface area contributed by atoms with E-state index in [9.17, 15) is 29.6 Å². The summed E-state index contributed by atoms with van der Waals surface area (Å²) < 4.78 is 10.4. The first-order chi connectivity index (χ1) is 18.0. The van der Waals surface area contributed by atoms with E-state index < -0.39 is 34.4 Å². The summed E-state index contributed by atoms with van der Waals surface area (Å²) in [6.45, 7) is 5.29. The smallest absolute Gasteiger partial charge is 0.350 e. The van der Waals surface area contributed by atoms with E-state index in [1.165, 1.54) is 31.4 Å². The minimum absolute atomic E-state index is 0.0353. The van der Waals surface area contributed by atoms with Crippen LogP contribution in [-0.2, 0) is 14.3 Å². The highest BCUT2D eigenvalue weighted by molar-refractivity contribution is 7.17. The number of aryl methyl sites for hydroxylation is 1. The van der Waals surface area contributed by atoms with Crippen molar-refractivity contribution in [1.29, 1.82) is 0 Å². The van der Waals surface area contributed by atoms with E-state index in [0.29, 0.717) is 17.0 Å². The van der Waals surface area contributed by atoms with Gasteiger partial charge in [0.25, 0.3) is 11.5 Å². The van der Waals surface area contributed by atoms with Crippen molar-refractivity contribution in [3.63, 3.8) is 0 Å². The number of aromatic nitrogens is 1. The normalized spacial score (nSPS) is 16.7. The summed E-state index contributed by atoms with van der Waals surface area (Å²) in [6, 6.07) is 10.5. The highest BCUT2D eigenvalue weighted by atomic mass is 32.1. The number of esters is 1. The molecule has 196 valence electrons. The van der Waals surface area contributed by atoms with Gasteiger partial charge in [-0.05, 0) is 62.7 Å². The maximum absolute atomic E-state index is 13.3. The first-order valence-corrected chi connectivity index (χ1v) is 12.2. The number of carbonyl (C=O) groups excluding carboxylic acids is 3. The van der Waals surface area contributed by atoms with Gasteiger partial charge in [-0.15, -0.1) is 0 Å². The third kappa shape index (κ3) is 4.85. The Labute approximate surface area is 221 Å². The fourth-order valence-electron chi connectivity index (χ4n) is 4.01. The maximum atomic E-state index is 13.3. The molecule has 4 rings (SSSR count). The first-order valence-electron chi connectivity index (χ1n) is 11.4. The number of nitro groups is 1. The van der Waals surface area contributed by atoms with Gasteiger partial charge in [-0.1, -0.05) is 11.3 Å². The van der Waals surface area contributed by atoms with E-state index in [4.69, 9.17) is 9.47 Å². The summed E-state index contributed by atoms with van der Waals surface area (Å²) in [5.41, 5.74) is 0.459. The van der Waals surface area contributed by atoms with Gasteiger partial charge in [-0.2, -0.15) is 0 Å². The van der Waals surface area contributed by atoms with Gasteiger partial charge in [0.15, 0.2) is 5.13 Å². The van der Waals surface area contributed by atoms with Crippen LogP contribution in [0, 0.1) is 17.0 Å². The zero-order valence-corrected chi connectivity index (χ0v) is 21.6. The molecule has 1 unspecified atom stereocenters. The second-order valence-corrected chi connectivity index (χ2v) is 9.59. The number of aliphatic hydroxyl groups excluding tert-OH is 1. The quantitative estimate of drug-likeness (QED) is 0.114. The van der Waals surface area contributed by atoms with Crippen LogP contribution in [-0.4, -0.2) is 45.9 Å². The van der Waals surface area contributed by atoms with Crippen LogP contribution in [0.25, 0.3) is 5.76 Å². The minimum atomic E-state index is -1.17. The van der Waals surface area contributed by atoms with Gasteiger partial charge in [-0.25, -0.2) is 9.78 Å². The second-order valence-electron chi connectivity index (χ2n) is 8.61. The summed E-state index contributed by atoms with van der Waals surface area (Å²) >= 11 is 0.857. The molecular weight excluding hydrogens is 514 g/mol. The van der Waals surface area contributed by atoms with Crippen LogP contribution < -0.4 is 9.64 Å². The highest BCUT2D eigenvalue weighted by Crippen LogP contribution is 2.44. The number of hydrogen-bond acceptors (Lipinski definition) is 10. The zero-order valence-electron chi connectivity index (χ0n) is 20.8. The number of ether oxygens (including phenoxy) is 2. The number of anilines is 1. The third-order valence-electron chi connectivity index (χ3n) is 5.73. The number of amides is 1. The molecule has 0 bridgehead atoms. The Kier molecular flexibility index (Phi) is 7.26. The number of benzene rings is 2. The average Bonchev–Trinajstić information content (AvgIpc) is 3.39. The number of methoxy groups -OCH3 is 1. The summed E-state index contributed by atoms with van der Waals surface area (Å²) in [6.07, 6.45) is -0.0708. The van der Waals surface area contributed by atoms with Crippen LogP contribution in [0.1, 0.15) is 46.4 Å². The molecule has 1 atom stereocenters. The van der Waals surface area contributed by atoms with Crippen molar-refractivity contribution in [3.8, 4) is 5.75 Å². The summed E-state index contributed by atoms with van der Waals surface area (Å²) in [4.78, 5) is 54.9. The molecule has 1 amide bonds. The molecule has 0 aliphatic carbocycles. The predicted octanol–water partition coefficient (Wildman–Crippen LogP) is 4.56. The number of carbonyl (C=O) groups is 3. The lowest BCUT2D eigenvalue weighted by Crippen LogP contribution is -2.29. The van der Waals surface area contributed by atoms with E-state index >= 15 is 0 Å². The van der Waals surface area contributed by atoms with Crippen LogP contribution in [0.4, 0.5) is 10.8 Å². The number of rotatable bonds is 7. The standard InChI is InChI=1S/C26H23N3O8S/c1-13(2)37-18-11-7-16(8-12-18)21(30)19-20(15-5-9-17(10-6-15)29(34)35)28(24(32)22(19)31)26-27-14(3)23(38-26)25(33)36-4/h5-13,20,30H,1-4H3/b21-19+. The fourth-order valence-corrected chi connectivity index (χ4v) is 5.02. The molecule has 2 heterocycles.